The normalized spacial score (nSPS) is 11.5. The van der Waals surface area contributed by atoms with Gasteiger partial charge in [-0.25, -0.2) is 17.5 Å². The summed E-state index contributed by atoms with van der Waals surface area (Å²) < 4.78 is 37.9. The van der Waals surface area contributed by atoms with Crippen molar-refractivity contribution in [3.05, 3.63) is 54.2 Å². The molecule has 0 aliphatic rings. The molecule has 3 rings (SSSR count). The molecule has 1 N–H and O–H groups in total. The second-order valence-corrected chi connectivity index (χ2v) is 9.10. The predicted octanol–water partition coefficient (Wildman–Crippen LogP) is 2.23. The van der Waals surface area contributed by atoms with Gasteiger partial charge in [-0.1, -0.05) is 18.2 Å². The Labute approximate surface area is 180 Å². The molecule has 0 saturated carbocycles. The fourth-order valence-corrected chi connectivity index (χ4v) is 3.98. The first-order valence-electron chi connectivity index (χ1n) is 9.26. The van der Waals surface area contributed by atoms with E-state index in [9.17, 15) is 18.0 Å². The zero-order valence-corrected chi connectivity index (χ0v) is 18.4. The smallest absolute Gasteiger partial charge is 0.340 e. The van der Waals surface area contributed by atoms with E-state index in [1.807, 2.05) is 25.2 Å². The molecule has 3 aromatic rings. The molecule has 164 valence electrons. The number of ether oxygens (including phenoxy) is 2. The van der Waals surface area contributed by atoms with Crippen LogP contribution in [0.2, 0.25) is 0 Å². The van der Waals surface area contributed by atoms with Gasteiger partial charge in [-0.3, -0.25) is 4.79 Å². The van der Waals surface area contributed by atoms with Crippen LogP contribution in [0.1, 0.15) is 10.4 Å². The van der Waals surface area contributed by atoms with E-state index in [4.69, 9.17) is 9.47 Å². The third-order valence-corrected chi connectivity index (χ3v) is 6.49. The van der Waals surface area contributed by atoms with E-state index in [0.717, 1.165) is 15.2 Å². The van der Waals surface area contributed by atoms with Gasteiger partial charge in [0.2, 0.25) is 10.0 Å². The highest BCUT2D eigenvalue weighted by Crippen LogP contribution is 2.28. The van der Waals surface area contributed by atoms with Crippen molar-refractivity contribution >= 4 is 38.5 Å². The summed E-state index contributed by atoms with van der Waals surface area (Å²) in [7, 11) is 2.32. The van der Waals surface area contributed by atoms with Crippen LogP contribution in [0.3, 0.4) is 0 Å². The van der Waals surface area contributed by atoms with Gasteiger partial charge in [0.05, 0.1) is 23.3 Å². The molecule has 9 nitrogen and oxygen atoms in total. The summed E-state index contributed by atoms with van der Waals surface area (Å²) in [5.74, 6) is -0.999. The van der Waals surface area contributed by atoms with Crippen LogP contribution in [-0.4, -0.2) is 57.0 Å². The van der Waals surface area contributed by atoms with E-state index in [2.05, 4.69) is 5.32 Å². The average molecular weight is 445 g/mol. The lowest BCUT2D eigenvalue weighted by atomic mass is 10.2. The molecule has 1 amide bonds. The van der Waals surface area contributed by atoms with Crippen molar-refractivity contribution in [1.82, 2.24) is 8.87 Å². The van der Waals surface area contributed by atoms with Crippen LogP contribution in [0.15, 0.2) is 53.6 Å². The molecule has 31 heavy (non-hydrogen) atoms. The van der Waals surface area contributed by atoms with Crippen LogP contribution in [0.25, 0.3) is 10.9 Å². The van der Waals surface area contributed by atoms with Gasteiger partial charge in [0.25, 0.3) is 5.91 Å². The molecule has 0 spiro atoms. The van der Waals surface area contributed by atoms with E-state index >= 15 is 0 Å². The Kier molecular flexibility index (Phi) is 6.32. The third-order valence-electron chi connectivity index (χ3n) is 4.67. The lowest BCUT2D eigenvalue weighted by molar-refractivity contribution is -0.119. The number of nitrogens with zero attached hydrogens (tertiary/aromatic N) is 2. The Morgan fingerprint density at radius 2 is 1.84 bits per heavy atom. The molecule has 2 aromatic carbocycles. The largest absolute Gasteiger partial charge is 0.495 e. The Balaban J connectivity index is 1.74. The number of benzene rings is 2. The SMILES string of the molecule is COc1ccc(S(=O)(=O)N(C)C)cc1NC(=O)COC(=O)c1cn(C)c2ccccc12. The molecule has 1 aromatic heterocycles. The maximum atomic E-state index is 12.5. The van der Waals surface area contributed by atoms with E-state index in [1.165, 1.54) is 39.4 Å². The van der Waals surface area contributed by atoms with Crippen LogP contribution in [-0.2, 0) is 26.6 Å². The lowest BCUT2D eigenvalue weighted by Crippen LogP contribution is -2.23. The number of carbonyl (C=O) groups excluding carboxylic acids is 2. The fourth-order valence-electron chi connectivity index (χ4n) is 3.06. The van der Waals surface area contributed by atoms with Crippen molar-refractivity contribution in [2.24, 2.45) is 7.05 Å². The topological polar surface area (TPSA) is 107 Å². The predicted molar refractivity (Wildman–Crippen MR) is 116 cm³/mol. The monoisotopic (exact) mass is 445 g/mol. The zero-order chi connectivity index (χ0) is 22.8. The lowest BCUT2D eigenvalue weighted by Gasteiger charge is -2.15. The van der Waals surface area contributed by atoms with E-state index in [-0.39, 0.29) is 16.3 Å². The van der Waals surface area contributed by atoms with Gasteiger partial charge in [-0.15, -0.1) is 0 Å². The second kappa shape index (κ2) is 8.78. The van der Waals surface area contributed by atoms with Gasteiger partial charge < -0.3 is 19.4 Å². The third kappa shape index (κ3) is 4.54. The Hall–Kier alpha value is -3.37. The molecule has 0 radical (unpaired) electrons. The van der Waals surface area contributed by atoms with Gasteiger partial charge >= 0.3 is 5.97 Å². The van der Waals surface area contributed by atoms with Crippen molar-refractivity contribution in [1.29, 1.82) is 0 Å². The number of aryl methyl sites for hydroxylation is 1. The van der Waals surface area contributed by atoms with Gasteiger partial charge in [-0.2, -0.15) is 0 Å². The standard InChI is InChI=1S/C21H23N3O6S/c1-23(2)31(27,28)14-9-10-19(29-4)17(11-14)22-20(25)13-30-21(26)16-12-24(3)18-8-6-5-7-15(16)18/h5-12H,13H2,1-4H3,(H,22,25). The fraction of sp³-hybridized carbons (Fsp3) is 0.238. The Bertz CT molecular complexity index is 1250. The number of sulfonamides is 1. The molecule has 0 aliphatic carbocycles. The zero-order valence-electron chi connectivity index (χ0n) is 17.6. The van der Waals surface area contributed by atoms with E-state index in [0.29, 0.717) is 5.56 Å². The molecule has 0 atom stereocenters. The van der Waals surface area contributed by atoms with E-state index < -0.39 is 28.5 Å². The minimum absolute atomic E-state index is 0.0126. The number of rotatable bonds is 7. The van der Waals surface area contributed by atoms with Crippen LogP contribution in [0.4, 0.5) is 5.69 Å². The molecular formula is C21H23N3O6S. The highest BCUT2D eigenvalue weighted by Gasteiger charge is 2.21. The summed E-state index contributed by atoms with van der Waals surface area (Å²) in [5, 5.41) is 3.25. The number of hydrogen-bond donors (Lipinski definition) is 1. The number of para-hydroxylation sites is 1. The molecule has 0 fully saturated rings. The van der Waals surface area contributed by atoms with Gasteiger partial charge in [0.15, 0.2) is 6.61 Å². The van der Waals surface area contributed by atoms with Crippen LogP contribution < -0.4 is 10.1 Å². The second-order valence-electron chi connectivity index (χ2n) is 6.94. The number of amides is 1. The minimum Gasteiger partial charge on any atom is -0.495 e. The number of hydrogen-bond acceptors (Lipinski definition) is 6. The van der Waals surface area contributed by atoms with Gasteiger partial charge in [0.1, 0.15) is 5.75 Å². The molecule has 0 saturated heterocycles. The summed E-state index contributed by atoms with van der Waals surface area (Å²) in [5.41, 5.74) is 1.36. The van der Waals surface area contributed by atoms with E-state index in [1.54, 1.807) is 16.8 Å². The minimum atomic E-state index is -3.70. The Morgan fingerprint density at radius 1 is 1.13 bits per heavy atom. The van der Waals surface area contributed by atoms with Gasteiger partial charge in [0, 0.05) is 38.2 Å². The number of aromatic nitrogens is 1. The number of methoxy groups -OCH3 is 1. The van der Waals surface area contributed by atoms with Crippen molar-refractivity contribution in [3.8, 4) is 5.75 Å². The highest BCUT2D eigenvalue weighted by molar-refractivity contribution is 7.89. The maximum absolute atomic E-state index is 12.5. The van der Waals surface area contributed by atoms with Gasteiger partial charge in [-0.05, 0) is 24.3 Å². The number of anilines is 1. The first-order valence-corrected chi connectivity index (χ1v) is 10.7. The molecule has 0 unspecified atom stereocenters. The van der Waals surface area contributed by atoms with Crippen LogP contribution in [0, 0.1) is 0 Å². The van der Waals surface area contributed by atoms with Crippen LogP contribution in [0.5, 0.6) is 5.75 Å². The molecule has 0 bridgehead atoms. The molecule has 1 heterocycles. The summed E-state index contributed by atoms with van der Waals surface area (Å²) in [6, 6.07) is 11.5. The van der Waals surface area contributed by atoms with Crippen molar-refractivity contribution in [2.75, 3.05) is 33.1 Å². The summed E-state index contributed by atoms with van der Waals surface area (Å²) in [6.07, 6.45) is 1.64. The molecular weight excluding hydrogens is 422 g/mol. The highest BCUT2D eigenvalue weighted by atomic mass is 32.2. The molecule has 10 heteroatoms. The number of esters is 1. The van der Waals surface area contributed by atoms with Crippen molar-refractivity contribution < 1.29 is 27.5 Å². The van der Waals surface area contributed by atoms with Crippen molar-refractivity contribution in [2.45, 2.75) is 4.90 Å². The molecule has 0 aliphatic heterocycles. The first-order chi connectivity index (χ1) is 14.6. The average Bonchev–Trinajstić information content (AvgIpc) is 3.08. The summed E-state index contributed by atoms with van der Waals surface area (Å²) in [6.45, 7) is -0.546. The number of nitrogens with one attached hydrogen (secondary N) is 1. The maximum Gasteiger partial charge on any atom is 0.340 e. The summed E-state index contributed by atoms with van der Waals surface area (Å²) >= 11 is 0. The quantitative estimate of drug-likeness (QED) is 0.559. The first kappa shape index (κ1) is 22.3. The van der Waals surface area contributed by atoms with Crippen LogP contribution >= 0.6 is 0 Å². The van der Waals surface area contributed by atoms with Crippen molar-refractivity contribution in [3.63, 3.8) is 0 Å². The summed E-state index contributed by atoms with van der Waals surface area (Å²) in [4.78, 5) is 24.8. The number of fused-ring (bicyclic) bond motifs is 1. The number of carbonyl (C=O) groups is 2. The Morgan fingerprint density at radius 3 is 2.52 bits per heavy atom.